The Morgan fingerprint density at radius 3 is 2.37 bits per heavy atom. The molecule has 3 rings (SSSR count). The Hall–Kier alpha value is -2.32. The predicted molar refractivity (Wildman–Crippen MR) is 101 cm³/mol. The fraction of sp³-hybridized carbons (Fsp3) is 0.421. The summed E-state index contributed by atoms with van der Waals surface area (Å²) >= 11 is 0. The summed E-state index contributed by atoms with van der Waals surface area (Å²) in [5, 5.41) is 0. The van der Waals surface area contributed by atoms with Gasteiger partial charge in [-0.3, -0.25) is 0 Å². The van der Waals surface area contributed by atoms with Crippen molar-refractivity contribution in [2.75, 3.05) is 14.2 Å². The minimum absolute atomic E-state index is 0.0572. The average Bonchev–Trinajstić information content (AvgIpc) is 2.69. The number of methoxy groups -OCH3 is 2. The summed E-state index contributed by atoms with van der Waals surface area (Å²) in [5.41, 5.74) is 0. The number of hydrogen-bond acceptors (Lipinski definition) is 6. The molecule has 0 radical (unpaired) electrons. The molecular weight excluding hydrogens is 368 g/mol. The third kappa shape index (κ3) is 4.90. The van der Waals surface area contributed by atoms with Gasteiger partial charge in [-0.2, -0.15) is 0 Å². The molecule has 146 valence electrons. The van der Waals surface area contributed by atoms with Crippen LogP contribution in [0, 0.1) is 0 Å². The van der Waals surface area contributed by atoms with Crippen LogP contribution in [0.15, 0.2) is 47.5 Å². The molecule has 0 spiro atoms. The fourth-order valence-electron chi connectivity index (χ4n) is 3.16. The van der Waals surface area contributed by atoms with Crippen LogP contribution in [0.25, 0.3) is 0 Å². The molecule has 1 fully saturated rings. The van der Waals surface area contributed by atoms with Gasteiger partial charge in [-0.15, -0.1) is 0 Å². The maximum absolute atomic E-state index is 12.7. The van der Waals surface area contributed by atoms with E-state index in [1.54, 1.807) is 12.3 Å². The largest absolute Gasteiger partial charge is 0.493 e. The quantitative estimate of drug-likeness (QED) is 0.780. The molecular formula is C19H24N2O5S. The summed E-state index contributed by atoms with van der Waals surface area (Å²) in [6.45, 7) is 0. The van der Waals surface area contributed by atoms with E-state index in [4.69, 9.17) is 14.2 Å². The lowest BCUT2D eigenvalue weighted by molar-refractivity contribution is 0.138. The third-order valence-electron chi connectivity index (χ3n) is 4.59. The second kappa shape index (κ2) is 8.58. The van der Waals surface area contributed by atoms with E-state index in [1.165, 1.54) is 26.4 Å². The van der Waals surface area contributed by atoms with Crippen molar-refractivity contribution in [2.45, 2.75) is 42.7 Å². The first-order chi connectivity index (χ1) is 13.0. The van der Waals surface area contributed by atoms with Crippen molar-refractivity contribution in [1.82, 2.24) is 9.71 Å². The highest BCUT2D eigenvalue weighted by Crippen LogP contribution is 2.30. The summed E-state index contributed by atoms with van der Waals surface area (Å²) in [6.07, 6.45) is 4.72. The van der Waals surface area contributed by atoms with Gasteiger partial charge in [0.15, 0.2) is 11.5 Å². The zero-order valence-electron chi connectivity index (χ0n) is 15.4. The van der Waals surface area contributed by atoms with E-state index in [2.05, 4.69) is 9.71 Å². The normalized spacial score (nSPS) is 20.1. The van der Waals surface area contributed by atoms with Gasteiger partial charge in [0.2, 0.25) is 15.9 Å². The number of hydrogen-bond donors (Lipinski definition) is 1. The van der Waals surface area contributed by atoms with Gasteiger partial charge in [0, 0.05) is 24.4 Å². The Morgan fingerprint density at radius 1 is 1.00 bits per heavy atom. The van der Waals surface area contributed by atoms with E-state index in [1.807, 2.05) is 18.2 Å². The second-order valence-corrected chi connectivity index (χ2v) is 8.11. The Balaban J connectivity index is 1.59. The van der Waals surface area contributed by atoms with Gasteiger partial charge in [0.1, 0.15) is 6.10 Å². The lowest BCUT2D eigenvalue weighted by atomic mass is 9.94. The Bertz CT molecular complexity index is 850. The zero-order valence-corrected chi connectivity index (χ0v) is 16.2. The fourth-order valence-corrected chi connectivity index (χ4v) is 4.48. The number of nitrogens with zero attached hydrogens (tertiary/aromatic N) is 1. The predicted octanol–water partition coefficient (Wildman–Crippen LogP) is 2.77. The maximum Gasteiger partial charge on any atom is 0.240 e. The van der Waals surface area contributed by atoms with E-state index >= 15 is 0 Å². The first-order valence-corrected chi connectivity index (χ1v) is 10.3. The summed E-state index contributed by atoms with van der Waals surface area (Å²) in [4.78, 5) is 4.32. The SMILES string of the molecule is COc1ccc(S(=O)(=O)NC2CCC(Oc3ccccn3)CC2)cc1OC. The van der Waals surface area contributed by atoms with E-state index in [-0.39, 0.29) is 17.0 Å². The first kappa shape index (κ1) is 19.4. The van der Waals surface area contributed by atoms with Gasteiger partial charge in [-0.25, -0.2) is 18.1 Å². The molecule has 1 N–H and O–H groups in total. The molecule has 1 heterocycles. The summed E-state index contributed by atoms with van der Waals surface area (Å²) in [5.74, 6) is 1.48. The smallest absolute Gasteiger partial charge is 0.240 e. The monoisotopic (exact) mass is 392 g/mol. The lowest BCUT2D eigenvalue weighted by Gasteiger charge is -2.29. The Morgan fingerprint density at radius 2 is 1.74 bits per heavy atom. The van der Waals surface area contributed by atoms with Gasteiger partial charge in [-0.1, -0.05) is 6.07 Å². The number of pyridine rings is 1. The molecule has 8 heteroatoms. The van der Waals surface area contributed by atoms with Crippen LogP contribution in [-0.2, 0) is 10.0 Å². The molecule has 7 nitrogen and oxygen atoms in total. The Labute approximate surface area is 159 Å². The van der Waals surface area contributed by atoms with Crippen LogP contribution < -0.4 is 18.9 Å². The molecule has 0 bridgehead atoms. The van der Waals surface area contributed by atoms with Crippen LogP contribution in [0.2, 0.25) is 0 Å². The van der Waals surface area contributed by atoms with Crippen LogP contribution in [0.4, 0.5) is 0 Å². The lowest BCUT2D eigenvalue weighted by Crippen LogP contribution is -2.39. The number of rotatable bonds is 7. The van der Waals surface area contributed by atoms with Gasteiger partial charge >= 0.3 is 0 Å². The Kier molecular flexibility index (Phi) is 6.18. The van der Waals surface area contributed by atoms with E-state index < -0.39 is 10.0 Å². The minimum atomic E-state index is -3.63. The molecule has 0 aliphatic heterocycles. The van der Waals surface area contributed by atoms with E-state index in [9.17, 15) is 8.42 Å². The molecule has 0 atom stereocenters. The van der Waals surface area contributed by atoms with Gasteiger partial charge in [-0.05, 0) is 43.9 Å². The topological polar surface area (TPSA) is 86.8 Å². The number of ether oxygens (including phenoxy) is 3. The van der Waals surface area contributed by atoms with Crippen molar-refractivity contribution in [3.8, 4) is 17.4 Å². The molecule has 1 aliphatic carbocycles. The summed E-state index contributed by atoms with van der Waals surface area (Å²) in [6, 6.07) is 10.00. The van der Waals surface area contributed by atoms with E-state index in [0.717, 1.165) is 12.8 Å². The van der Waals surface area contributed by atoms with Gasteiger partial charge in [0.25, 0.3) is 0 Å². The highest BCUT2D eigenvalue weighted by molar-refractivity contribution is 7.89. The van der Waals surface area contributed by atoms with Crippen molar-refractivity contribution in [3.05, 3.63) is 42.6 Å². The van der Waals surface area contributed by atoms with Crippen molar-refractivity contribution in [1.29, 1.82) is 0 Å². The van der Waals surface area contributed by atoms with Crippen molar-refractivity contribution >= 4 is 10.0 Å². The molecule has 1 aliphatic rings. The highest BCUT2D eigenvalue weighted by atomic mass is 32.2. The van der Waals surface area contributed by atoms with Crippen molar-refractivity contribution < 1.29 is 22.6 Å². The number of aromatic nitrogens is 1. The standard InChI is InChI=1S/C19H24N2O5S/c1-24-17-11-10-16(13-18(17)25-2)27(22,23)21-14-6-8-15(9-7-14)26-19-5-3-4-12-20-19/h3-5,10-15,21H,6-9H2,1-2H3. The van der Waals surface area contributed by atoms with Crippen LogP contribution >= 0.6 is 0 Å². The second-order valence-electron chi connectivity index (χ2n) is 6.40. The molecule has 1 aromatic heterocycles. The van der Waals surface area contributed by atoms with Crippen molar-refractivity contribution in [2.24, 2.45) is 0 Å². The van der Waals surface area contributed by atoms with Gasteiger partial charge in [0.05, 0.1) is 19.1 Å². The van der Waals surface area contributed by atoms with E-state index in [0.29, 0.717) is 30.2 Å². The van der Waals surface area contributed by atoms with Crippen molar-refractivity contribution in [3.63, 3.8) is 0 Å². The molecule has 1 saturated carbocycles. The number of sulfonamides is 1. The van der Waals surface area contributed by atoms with Crippen LogP contribution in [0.1, 0.15) is 25.7 Å². The molecule has 2 aromatic rings. The van der Waals surface area contributed by atoms with Crippen LogP contribution in [-0.4, -0.2) is 39.8 Å². The molecule has 1 aromatic carbocycles. The summed E-state index contributed by atoms with van der Waals surface area (Å²) < 4.78 is 44.4. The number of nitrogens with one attached hydrogen (secondary N) is 1. The minimum Gasteiger partial charge on any atom is -0.493 e. The molecule has 0 saturated heterocycles. The molecule has 0 amide bonds. The van der Waals surface area contributed by atoms with Gasteiger partial charge < -0.3 is 14.2 Å². The highest BCUT2D eigenvalue weighted by Gasteiger charge is 2.27. The molecule has 27 heavy (non-hydrogen) atoms. The van der Waals surface area contributed by atoms with Crippen LogP contribution in [0.5, 0.6) is 17.4 Å². The van der Waals surface area contributed by atoms with Crippen LogP contribution in [0.3, 0.4) is 0 Å². The maximum atomic E-state index is 12.7. The first-order valence-electron chi connectivity index (χ1n) is 8.84. The zero-order chi connectivity index (χ0) is 19.3. The average molecular weight is 392 g/mol. The molecule has 0 unspecified atom stereocenters. The number of benzene rings is 1. The summed E-state index contributed by atoms with van der Waals surface area (Å²) in [7, 11) is -0.646. The third-order valence-corrected chi connectivity index (χ3v) is 6.10.